The molecule has 1 aromatic carbocycles. The Kier molecular flexibility index (Phi) is 3.89. The monoisotopic (exact) mass is 295 g/mol. The average Bonchev–Trinajstić information content (AvgIpc) is 2.61. The van der Waals surface area contributed by atoms with Crippen LogP contribution in [0.3, 0.4) is 0 Å². The third-order valence-electron chi connectivity index (χ3n) is 2.80. The average molecular weight is 296 g/mol. The molecule has 0 bridgehead atoms. The molecule has 0 fully saturated rings. The van der Waals surface area contributed by atoms with Crippen LogP contribution in [0.15, 0.2) is 27.3 Å². The maximum absolute atomic E-state index is 5.62. The molecule has 92 valence electrons. The van der Waals surface area contributed by atoms with E-state index in [0.717, 1.165) is 23.0 Å². The van der Waals surface area contributed by atoms with E-state index >= 15 is 0 Å². The van der Waals surface area contributed by atoms with Crippen molar-refractivity contribution in [2.75, 3.05) is 6.54 Å². The highest BCUT2D eigenvalue weighted by molar-refractivity contribution is 9.10. The van der Waals surface area contributed by atoms with E-state index in [0.29, 0.717) is 6.04 Å². The van der Waals surface area contributed by atoms with Crippen molar-refractivity contribution in [3.05, 3.63) is 34.0 Å². The van der Waals surface area contributed by atoms with Gasteiger partial charge in [-0.3, -0.25) is 0 Å². The van der Waals surface area contributed by atoms with Crippen LogP contribution in [-0.4, -0.2) is 12.6 Å². The summed E-state index contributed by atoms with van der Waals surface area (Å²) in [6, 6.07) is 4.80. The molecule has 0 saturated heterocycles. The standard InChI is InChI=1S/C14H18BrNO/c1-9(2)16-5-4-11-8-17-14-12(11)6-10(3)7-13(14)15/h6-9,16H,4-5H2,1-3H3. The highest BCUT2D eigenvalue weighted by Crippen LogP contribution is 2.29. The van der Waals surface area contributed by atoms with Crippen LogP contribution in [0.1, 0.15) is 25.0 Å². The van der Waals surface area contributed by atoms with Gasteiger partial charge >= 0.3 is 0 Å². The lowest BCUT2D eigenvalue weighted by Crippen LogP contribution is -2.24. The molecule has 1 heterocycles. The molecule has 2 rings (SSSR count). The van der Waals surface area contributed by atoms with Gasteiger partial charge in [-0.25, -0.2) is 0 Å². The van der Waals surface area contributed by atoms with Gasteiger partial charge in [0.1, 0.15) is 5.58 Å². The molecule has 0 saturated carbocycles. The molecule has 1 aromatic heterocycles. The number of fused-ring (bicyclic) bond motifs is 1. The van der Waals surface area contributed by atoms with Crippen molar-refractivity contribution in [1.29, 1.82) is 0 Å². The van der Waals surface area contributed by atoms with E-state index in [1.165, 1.54) is 16.5 Å². The minimum atomic E-state index is 0.529. The lowest BCUT2D eigenvalue weighted by molar-refractivity contribution is 0.580. The van der Waals surface area contributed by atoms with Gasteiger partial charge in [-0.2, -0.15) is 0 Å². The molecule has 0 amide bonds. The second kappa shape index (κ2) is 5.23. The van der Waals surface area contributed by atoms with Crippen LogP contribution in [0.25, 0.3) is 11.0 Å². The molecule has 0 aliphatic heterocycles. The first kappa shape index (κ1) is 12.7. The highest BCUT2D eigenvalue weighted by atomic mass is 79.9. The van der Waals surface area contributed by atoms with Gasteiger partial charge in [0.2, 0.25) is 0 Å². The molecule has 2 aromatic rings. The quantitative estimate of drug-likeness (QED) is 0.921. The van der Waals surface area contributed by atoms with E-state index in [1.807, 2.05) is 6.26 Å². The summed E-state index contributed by atoms with van der Waals surface area (Å²) in [5.74, 6) is 0. The van der Waals surface area contributed by atoms with Crippen LogP contribution in [0.4, 0.5) is 0 Å². The summed E-state index contributed by atoms with van der Waals surface area (Å²) in [6.07, 6.45) is 2.87. The molecule has 0 aliphatic rings. The summed E-state index contributed by atoms with van der Waals surface area (Å²) in [7, 11) is 0. The van der Waals surface area contributed by atoms with E-state index in [2.05, 4.69) is 54.2 Å². The fourth-order valence-corrected chi connectivity index (χ4v) is 2.64. The largest absolute Gasteiger partial charge is 0.463 e. The number of furan rings is 1. The number of hydrogen-bond acceptors (Lipinski definition) is 2. The predicted molar refractivity (Wildman–Crippen MR) is 75.5 cm³/mol. The number of rotatable bonds is 4. The molecule has 0 aliphatic carbocycles. The summed E-state index contributed by atoms with van der Waals surface area (Å²) in [6.45, 7) is 7.41. The minimum Gasteiger partial charge on any atom is -0.463 e. The number of aryl methyl sites for hydroxylation is 1. The fraction of sp³-hybridized carbons (Fsp3) is 0.429. The molecule has 17 heavy (non-hydrogen) atoms. The van der Waals surface area contributed by atoms with E-state index in [4.69, 9.17) is 4.42 Å². The summed E-state index contributed by atoms with van der Waals surface area (Å²) >= 11 is 3.54. The van der Waals surface area contributed by atoms with Crippen molar-refractivity contribution >= 4 is 26.9 Å². The zero-order valence-electron chi connectivity index (χ0n) is 10.5. The molecular formula is C14H18BrNO. The zero-order chi connectivity index (χ0) is 12.4. The van der Waals surface area contributed by atoms with E-state index in [9.17, 15) is 0 Å². The fourth-order valence-electron chi connectivity index (χ4n) is 1.97. The number of nitrogens with one attached hydrogen (secondary N) is 1. The van der Waals surface area contributed by atoms with Gasteiger partial charge in [0.05, 0.1) is 10.7 Å². The second-order valence-electron chi connectivity index (χ2n) is 4.74. The second-order valence-corrected chi connectivity index (χ2v) is 5.60. The van der Waals surface area contributed by atoms with Crippen LogP contribution in [0, 0.1) is 6.92 Å². The summed E-state index contributed by atoms with van der Waals surface area (Å²) in [4.78, 5) is 0. The molecule has 1 N–H and O–H groups in total. The SMILES string of the molecule is Cc1cc(Br)c2occ(CCNC(C)C)c2c1. The Bertz CT molecular complexity index is 516. The van der Waals surface area contributed by atoms with Crippen LogP contribution in [0.5, 0.6) is 0 Å². The first-order valence-corrected chi connectivity index (χ1v) is 6.77. The number of hydrogen-bond donors (Lipinski definition) is 1. The predicted octanol–water partition coefficient (Wildman–Crippen LogP) is 4.04. The van der Waals surface area contributed by atoms with Crippen molar-refractivity contribution in [2.45, 2.75) is 33.2 Å². The smallest absolute Gasteiger partial charge is 0.148 e. The Balaban J connectivity index is 2.23. The first-order valence-electron chi connectivity index (χ1n) is 5.97. The van der Waals surface area contributed by atoms with Gasteiger partial charge in [-0.15, -0.1) is 0 Å². The topological polar surface area (TPSA) is 25.2 Å². The Labute approximate surface area is 111 Å². The molecule has 0 atom stereocenters. The van der Waals surface area contributed by atoms with Crippen LogP contribution in [-0.2, 0) is 6.42 Å². The van der Waals surface area contributed by atoms with Crippen molar-refractivity contribution < 1.29 is 4.42 Å². The molecule has 3 heteroatoms. The lowest BCUT2D eigenvalue weighted by Gasteiger charge is -2.06. The van der Waals surface area contributed by atoms with E-state index in [-0.39, 0.29) is 0 Å². The van der Waals surface area contributed by atoms with Crippen LogP contribution >= 0.6 is 15.9 Å². The molecule has 0 spiro atoms. The molecule has 0 radical (unpaired) electrons. The zero-order valence-corrected chi connectivity index (χ0v) is 12.1. The Hall–Kier alpha value is -0.800. The van der Waals surface area contributed by atoms with Gasteiger partial charge < -0.3 is 9.73 Å². The van der Waals surface area contributed by atoms with Gasteiger partial charge in [-0.1, -0.05) is 13.8 Å². The molecule has 2 nitrogen and oxygen atoms in total. The van der Waals surface area contributed by atoms with Crippen LogP contribution < -0.4 is 5.32 Å². The summed E-state index contributed by atoms with van der Waals surface area (Å²) in [5, 5.41) is 4.65. The Morgan fingerprint density at radius 1 is 1.35 bits per heavy atom. The summed E-state index contributed by atoms with van der Waals surface area (Å²) < 4.78 is 6.66. The summed E-state index contributed by atoms with van der Waals surface area (Å²) in [5.41, 5.74) is 3.48. The third-order valence-corrected chi connectivity index (χ3v) is 3.39. The van der Waals surface area contributed by atoms with Crippen molar-refractivity contribution in [3.8, 4) is 0 Å². The number of halogens is 1. The van der Waals surface area contributed by atoms with Gasteiger partial charge in [0, 0.05) is 11.4 Å². The maximum Gasteiger partial charge on any atom is 0.148 e. The van der Waals surface area contributed by atoms with Crippen molar-refractivity contribution in [3.63, 3.8) is 0 Å². The van der Waals surface area contributed by atoms with Gasteiger partial charge in [0.15, 0.2) is 0 Å². The van der Waals surface area contributed by atoms with E-state index < -0.39 is 0 Å². The minimum absolute atomic E-state index is 0.529. The lowest BCUT2D eigenvalue weighted by atomic mass is 10.1. The maximum atomic E-state index is 5.62. The van der Waals surface area contributed by atoms with E-state index in [1.54, 1.807) is 0 Å². The molecular weight excluding hydrogens is 278 g/mol. The Morgan fingerprint density at radius 3 is 2.82 bits per heavy atom. The molecule has 0 unspecified atom stereocenters. The normalized spacial score (nSPS) is 11.6. The van der Waals surface area contributed by atoms with Crippen molar-refractivity contribution in [1.82, 2.24) is 5.32 Å². The number of benzene rings is 1. The Morgan fingerprint density at radius 2 is 2.12 bits per heavy atom. The van der Waals surface area contributed by atoms with Crippen molar-refractivity contribution in [2.24, 2.45) is 0 Å². The third kappa shape index (κ3) is 2.90. The highest BCUT2D eigenvalue weighted by Gasteiger charge is 2.09. The van der Waals surface area contributed by atoms with Gasteiger partial charge in [0.25, 0.3) is 0 Å². The van der Waals surface area contributed by atoms with Crippen LogP contribution in [0.2, 0.25) is 0 Å². The van der Waals surface area contributed by atoms with Gasteiger partial charge in [-0.05, 0) is 59.1 Å². The first-order chi connectivity index (χ1) is 8.08.